The van der Waals surface area contributed by atoms with Gasteiger partial charge in [-0.3, -0.25) is 0 Å². The van der Waals surface area contributed by atoms with E-state index in [4.69, 9.17) is 45.6 Å². The van der Waals surface area contributed by atoms with Crippen LogP contribution in [0.25, 0.3) is 0 Å². The molecule has 5 unspecified atom stereocenters. The van der Waals surface area contributed by atoms with E-state index in [9.17, 15) is 0 Å². The van der Waals surface area contributed by atoms with Crippen molar-refractivity contribution < 1.29 is 50.3 Å². The van der Waals surface area contributed by atoms with E-state index in [2.05, 4.69) is 63.7 Å². The molecule has 0 radical (unpaired) electrons. The summed E-state index contributed by atoms with van der Waals surface area (Å²) >= 11 is 0. The predicted octanol–water partition coefficient (Wildman–Crippen LogP) is 3.55. The fourth-order valence-corrected chi connectivity index (χ4v) is 39.9. The molecule has 0 aliphatic carbocycles. The van der Waals surface area contributed by atoms with Crippen LogP contribution in [0.15, 0.2) is 0 Å². The molecule has 40 heavy (non-hydrogen) atoms. The first-order chi connectivity index (χ1) is 17.7. The second-order valence-electron chi connectivity index (χ2n) is 12.8. The highest BCUT2D eigenvalue weighted by molar-refractivity contribution is 6.94. The SMILES string of the molecule is COC.CO[Si](C)(O[Si](C)(C)C)O[Si]1(C)O[Si](C)(O[SiH2]C)O[Si](C)(O[SiH2]O[Si](C)(C)C)O[Si](C)(O[Si](C)(C)C)O1. The van der Waals surface area contributed by atoms with Crippen LogP contribution < -0.4 is 0 Å². The molecule has 0 aromatic rings. The van der Waals surface area contributed by atoms with Crippen LogP contribution in [0.2, 0.25) is 98.2 Å². The maximum atomic E-state index is 6.78. The van der Waals surface area contributed by atoms with Crippen molar-refractivity contribution in [3.05, 3.63) is 0 Å². The molecule has 1 heterocycles. The largest absolute Gasteiger partial charge is 0.479 e. The van der Waals surface area contributed by atoms with E-state index < -0.39 is 88.7 Å². The van der Waals surface area contributed by atoms with Gasteiger partial charge in [0.15, 0.2) is 25.0 Å². The molecule has 0 saturated carbocycles. The van der Waals surface area contributed by atoms with Crippen molar-refractivity contribution in [2.45, 2.75) is 98.2 Å². The molecule has 1 aliphatic heterocycles. The van der Waals surface area contributed by atoms with Crippen LogP contribution in [-0.4, -0.2) is 110 Å². The zero-order valence-electron chi connectivity index (χ0n) is 28.3. The summed E-state index contributed by atoms with van der Waals surface area (Å²) in [6.45, 7) is 30.3. The van der Waals surface area contributed by atoms with E-state index >= 15 is 0 Å². The Labute approximate surface area is 257 Å². The molecule has 0 spiro atoms. The van der Waals surface area contributed by atoms with Gasteiger partial charge < -0.3 is 50.3 Å². The summed E-state index contributed by atoms with van der Waals surface area (Å²) in [5.41, 5.74) is 0. The minimum Gasteiger partial charge on any atom is -0.441 e. The zero-order valence-corrected chi connectivity index (χ0v) is 39.1. The summed E-state index contributed by atoms with van der Waals surface area (Å²) in [5, 5.41) is 0. The lowest BCUT2D eigenvalue weighted by atomic mass is 11.6. The molecule has 0 aromatic carbocycles. The van der Waals surface area contributed by atoms with E-state index in [1.54, 1.807) is 21.3 Å². The zero-order chi connectivity index (χ0) is 31.9. The van der Waals surface area contributed by atoms with Gasteiger partial charge in [-0.1, -0.05) is 6.55 Å². The van der Waals surface area contributed by atoms with Crippen molar-refractivity contribution in [1.29, 1.82) is 0 Å². The average molecular weight is 748 g/mol. The third-order valence-electron chi connectivity index (χ3n) is 4.43. The van der Waals surface area contributed by atoms with E-state index in [-0.39, 0.29) is 0 Å². The number of methoxy groups -OCH3 is 1. The number of hydrogen-bond acceptors (Lipinski definition) is 12. The van der Waals surface area contributed by atoms with Gasteiger partial charge in [-0.15, -0.1) is 0 Å². The van der Waals surface area contributed by atoms with Crippen molar-refractivity contribution in [2.75, 3.05) is 21.3 Å². The van der Waals surface area contributed by atoms with Gasteiger partial charge >= 0.3 is 44.0 Å². The molecule has 1 aliphatic rings. The number of hydrogen-bond donors (Lipinski definition) is 0. The monoisotopic (exact) mass is 746 g/mol. The Morgan fingerprint density at radius 3 is 1.32 bits per heavy atom. The molecule has 1 fully saturated rings. The first-order valence-corrected chi connectivity index (χ1v) is 38.0. The second kappa shape index (κ2) is 15.8. The highest BCUT2D eigenvalue weighted by Crippen LogP contribution is 2.36. The van der Waals surface area contributed by atoms with Crippen molar-refractivity contribution in [1.82, 2.24) is 0 Å². The quantitative estimate of drug-likeness (QED) is 0.257. The Bertz CT molecular complexity index is 771. The van der Waals surface area contributed by atoms with Gasteiger partial charge in [0, 0.05) is 54.1 Å². The molecule has 0 aromatic heterocycles. The predicted molar refractivity (Wildman–Crippen MR) is 182 cm³/mol. The lowest BCUT2D eigenvalue weighted by Crippen LogP contribution is -2.73. The molecule has 0 amide bonds. The van der Waals surface area contributed by atoms with Crippen LogP contribution in [0.4, 0.5) is 0 Å². The normalized spacial score (nSPS) is 32.5. The van der Waals surface area contributed by atoms with Gasteiger partial charge in [0.05, 0.1) is 0 Å². The third-order valence-corrected chi connectivity index (χ3v) is 37.6. The summed E-state index contributed by atoms with van der Waals surface area (Å²) in [7, 11) is -20.2. The summed E-state index contributed by atoms with van der Waals surface area (Å²) < 4.78 is 75.3. The molecular formula is C18H58O12Si10. The van der Waals surface area contributed by atoms with Crippen LogP contribution >= 0.6 is 0 Å². The lowest BCUT2D eigenvalue weighted by Gasteiger charge is -2.49. The smallest absolute Gasteiger partial charge is 0.441 e. The minimum atomic E-state index is -3.55. The topological polar surface area (TPSA) is 111 Å². The summed E-state index contributed by atoms with van der Waals surface area (Å²) in [6.07, 6.45) is 0. The van der Waals surface area contributed by atoms with Gasteiger partial charge in [-0.2, -0.15) is 0 Å². The summed E-state index contributed by atoms with van der Waals surface area (Å²) in [4.78, 5) is 0. The third kappa shape index (κ3) is 17.2. The highest BCUT2D eigenvalue weighted by Gasteiger charge is 2.64. The van der Waals surface area contributed by atoms with Crippen LogP contribution in [0.3, 0.4) is 0 Å². The molecule has 12 nitrogen and oxygen atoms in total. The number of rotatable bonds is 13. The minimum absolute atomic E-state index is 0.920. The molecular weight excluding hydrogens is 689 g/mol. The van der Waals surface area contributed by atoms with Gasteiger partial charge in [-0.25, -0.2) is 0 Å². The molecule has 242 valence electrons. The summed E-state index contributed by atoms with van der Waals surface area (Å²) in [6, 6.07) is 0. The van der Waals surface area contributed by atoms with Gasteiger partial charge in [0.2, 0.25) is 0 Å². The fourth-order valence-electron chi connectivity index (χ4n) is 3.76. The first kappa shape index (κ1) is 41.7. The van der Waals surface area contributed by atoms with E-state index in [1.165, 1.54) is 0 Å². The van der Waals surface area contributed by atoms with Crippen LogP contribution in [0.1, 0.15) is 0 Å². The Morgan fingerprint density at radius 1 is 0.550 bits per heavy atom. The fraction of sp³-hybridized carbons (Fsp3) is 1.00. The van der Waals surface area contributed by atoms with Crippen LogP contribution in [0, 0.1) is 0 Å². The lowest BCUT2D eigenvalue weighted by molar-refractivity contribution is 0.0764. The molecule has 1 saturated heterocycles. The second-order valence-corrected chi connectivity index (χ2v) is 44.5. The Morgan fingerprint density at radius 2 is 0.950 bits per heavy atom. The van der Waals surface area contributed by atoms with Gasteiger partial charge in [0.1, 0.15) is 9.76 Å². The average Bonchev–Trinajstić information content (AvgIpc) is 2.61. The van der Waals surface area contributed by atoms with E-state index in [0.717, 1.165) is 0 Å². The highest BCUT2D eigenvalue weighted by atomic mass is 28.6. The molecule has 0 N–H and O–H groups in total. The summed E-state index contributed by atoms with van der Waals surface area (Å²) in [5.74, 6) is 0. The van der Waals surface area contributed by atoms with Crippen molar-refractivity contribution in [3.63, 3.8) is 0 Å². The standard InChI is InChI=1S/C16H52O11Si10.C2H6O/c1-17-33(12,21-31(6,7)8)23-37(16)25-34(13,18-28-2)24-35(14,20-29-19-30(3,4)5)26-36(15,27-37)22-32(9,10)11;1-3-2/h28-29H2,1-16H3;1-2H3. The van der Waals surface area contributed by atoms with Gasteiger partial charge in [0.25, 0.3) is 10.0 Å². The van der Waals surface area contributed by atoms with E-state index in [0.29, 0.717) is 0 Å². The van der Waals surface area contributed by atoms with Crippen LogP contribution in [-0.2, 0) is 50.3 Å². The van der Waals surface area contributed by atoms with Crippen molar-refractivity contribution in [3.8, 4) is 0 Å². The maximum absolute atomic E-state index is 6.78. The van der Waals surface area contributed by atoms with Crippen molar-refractivity contribution >= 4 is 88.7 Å². The van der Waals surface area contributed by atoms with E-state index in [1.807, 2.05) is 39.3 Å². The first-order valence-electron chi connectivity index (χ1n) is 13.5. The molecule has 22 heteroatoms. The maximum Gasteiger partial charge on any atom is 0.479 e. The number of ether oxygens (including phenoxy) is 1. The van der Waals surface area contributed by atoms with Crippen LogP contribution in [0.5, 0.6) is 0 Å². The molecule has 0 bridgehead atoms. The Hall–Kier alpha value is 1.69. The molecule has 5 atom stereocenters. The Balaban J connectivity index is 0.00000483. The molecule has 1 rings (SSSR count). The Kier molecular flexibility index (Phi) is 16.5. The van der Waals surface area contributed by atoms with Gasteiger partial charge in [-0.05, 0) is 58.9 Å². The van der Waals surface area contributed by atoms with Crippen molar-refractivity contribution in [2.24, 2.45) is 0 Å².